The van der Waals surface area contributed by atoms with Crippen molar-refractivity contribution in [1.82, 2.24) is 4.90 Å². The summed E-state index contributed by atoms with van der Waals surface area (Å²) < 4.78 is 0. The van der Waals surface area contributed by atoms with Crippen molar-refractivity contribution in [2.75, 3.05) is 13.2 Å². The van der Waals surface area contributed by atoms with Crippen molar-refractivity contribution in [3.63, 3.8) is 0 Å². The van der Waals surface area contributed by atoms with Crippen molar-refractivity contribution in [2.45, 2.75) is 31.3 Å². The number of hydrogen-bond donors (Lipinski definition) is 2. The topological polar surface area (TPSA) is 66.6 Å². The third-order valence-corrected chi connectivity index (χ3v) is 2.53. The number of rotatable bonds is 3. The number of likely N-dealkylation sites (tertiary alicyclic amines) is 1. The summed E-state index contributed by atoms with van der Waals surface area (Å²) in [6, 6.07) is -0.682. The zero-order valence-corrected chi connectivity index (χ0v) is 8.15. The summed E-state index contributed by atoms with van der Waals surface area (Å²) in [6.07, 6.45) is 7.12. The molecular weight excluding hydrogens is 180 g/mol. The van der Waals surface area contributed by atoms with Gasteiger partial charge in [0.05, 0.1) is 18.7 Å². The molecule has 4 heteroatoms. The summed E-state index contributed by atoms with van der Waals surface area (Å²) in [7, 11) is 0. The largest absolute Gasteiger partial charge is 0.394 e. The Hall–Kier alpha value is -1.05. The average Bonchev–Trinajstić information content (AvgIpc) is 2.64. The SMILES string of the molecule is C#CCC(N)C(=O)N1CCC[C@H]1CO. The maximum atomic E-state index is 11.7. The van der Waals surface area contributed by atoms with Crippen LogP contribution in [0.15, 0.2) is 0 Å². The van der Waals surface area contributed by atoms with Crippen LogP contribution < -0.4 is 5.73 Å². The van der Waals surface area contributed by atoms with Crippen LogP contribution in [-0.4, -0.2) is 41.1 Å². The molecule has 0 radical (unpaired) electrons. The van der Waals surface area contributed by atoms with E-state index in [2.05, 4.69) is 5.92 Å². The van der Waals surface area contributed by atoms with Gasteiger partial charge in [0, 0.05) is 13.0 Å². The molecule has 14 heavy (non-hydrogen) atoms. The Morgan fingerprint density at radius 2 is 2.50 bits per heavy atom. The van der Waals surface area contributed by atoms with Crippen LogP contribution in [0.5, 0.6) is 0 Å². The molecule has 3 N–H and O–H groups in total. The predicted molar refractivity (Wildman–Crippen MR) is 53.2 cm³/mol. The van der Waals surface area contributed by atoms with Gasteiger partial charge in [-0.3, -0.25) is 4.79 Å². The first-order chi connectivity index (χ1) is 6.70. The van der Waals surface area contributed by atoms with E-state index in [-0.39, 0.29) is 25.0 Å². The summed E-state index contributed by atoms with van der Waals surface area (Å²) in [5.41, 5.74) is 5.61. The van der Waals surface area contributed by atoms with Gasteiger partial charge in [0.2, 0.25) is 5.91 Å². The molecule has 0 aromatic rings. The molecule has 4 nitrogen and oxygen atoms in total. The van der Waals surface area contributed by atoms with E-state index in [1.54, 1.807) is 4.90 Å². The van der Waals surface area contributed by atoms with E-state index in [1.165, 1.54) is 0 Å². The lowest BCUT2D eigenvalue weighted by Gasteiger charge is -2.25. The average molecular weight is 196 g/mol. The molecule has 1 amide bonds. The van der Waals surface area contributed by atoms with E-state index in [0.717, 1.165) is 12.8 Å². The quantitative estimate of drug-likeness (QED) is 0.588. The van der Waals surface area contributed by atoms with Crippen LogP contribution in [0.3, 0.4) is 0 Å². The third-order valence-electron chi connectivity index (χ3n) is 2.53. The molecule has 1 aliphatic heterocycles. The molecule has 0 spiro atoms. The minimum Gasteiger partial charge on any atom is -0.394 e. The molecule has 1 heterocycles. The summed E-state index contributed by atoms with van der Waals surface area (Å²) in [5, 5.41) is 9.02. The normalized spacial score (nSPS) is 23.2. The number of hydrogen-bond acceptors (Lipinski definition) is 3. The highest BCUT2D eigenvalue weighted by atomic mass is 16.3. The van der Waals surface area contributed by atoms with E-state index in [1.807, 2.05) is 0 Å². The van der Waals surface area contributed by atoms with Gasteiger partial charge in [-0.2, -0.15) is 0 Å². The van der Waals surface area contributed by atoms with Crippen LogP contribution in [0.1, 0.15) is 19.3 Å². The lowest BCUT2D eigenvalue weighted by atomic mass is 10.2. The lowest BCUT2D eigenvalue weighted by molar-refractivity contribution is -0.134. The van der Waals surface area contributed by atoms with Crippen LogP contribution in [0, 0.1) is 12.3 Å². The van der Waals surface area contributed by atoms with Gasteiger partial charge >= 0.3 is 0 Å². The molecule has 1 rings (SSSR count). The minimum absolute atomic E-state index is 0.00845. The maximum Gasteiger partial charge on any atom is 0.240 e. The first-order valence-electron chi connectivity index (χ1n) is 4.81. The van der Waals surface area contributed by atoms with Crippen molar-refractivity contribution >= 4 is 5.91 Å². The number of carbonyl (C=O) groups excluding carboxylic acids is 1. The van der Waals surface area contributed by atoms with Gasteiger partial charge in [0.15, 0.2) is 0 Å². The number of aliphatic hydroxyl groups is 1. The summed E-state index contributed by atoms with van der Waals surface area (Å²) in [4.78, 5) is 13.3. The molecule has 2 atom stereocenters. The number of terminal acetylenes is 1. The van der Waals surface area contributed by atoms with E-state index in [4.69, 9.17) is 17.3 Å². The van der Waals surface area contributed by atoms with Gasteiger partial charge in [0.1, 0.15) is 0 Å². The Bertz CT molecular complexity index is 247. The highest BCUT2D eigenvalue weighted by Gasteiger charge is 2.30. The fourth-order valence-electron chi connectivity index (χ4n) is 1.74. The number of nitrogens with zero attached hydrogens (tertiary/aromatic N) is 1. The van der Waals surface area contributed by atoms with Crippen LogP contribution >= 0.6 is 0 Å². The standard InChI is InChI=1S/C10H16N2O2/c1-2-4-9(11)10(14)12-6-3-5-8(12)7-13/h1,8-9,13H,3-7,11H2/t8-,9?/m0/s1. The van der Waals surface area contributed by atoms with Gasteiger partial charge in [-0.05, 0) is 12.8 Å². The highest BCUT2D eigenvalue weighted by molar-refractivity contribution is 5.82. The Morgan fingerprint density at radius 3 is 3.07 bits per heavy atom. The zero-order chi connectivity index (χ0) is 10.6. The van der Waals surface area contributed by atoms with Crippen molar-refractivity contribution in [3.8, 4) is 12.3 Å². The number of amides is 1. The molecule has 0 aromatic heterocycles. The monoisotopic (exact) mass is 196 g/mol. The van der Waals surface area contributed by atoms with Gasteiger partial charge in [0.25, 0.3) is 0 Å². The second-order valence-corrected chi connectivity index (χ2v) is 3.52. The second-order valence-electron chi connectivity index (χ2n) is 3.52. The van der Waals surface area contributed by atoms with E-state index >= 15 is 0 Å². The van der Waals surface area contributed by atoms with E-state index < -0.39 is 6.04 Å². The number of carbonyl (C=O) groups is 1. The first kappa shape index (κ1) is 11.0. The Balaban J connectivity index is 2.55. The minimum atomic E-state index is -0.618. The smallest absolute Gasteiger partial charge is 0.240 e. The molecule has 0 aliphatic carbocycles. The molecular formula is C10H16N2O2. The zero-order valence-electron chi connectivity index (χ0n) is 8.15. The molecule has 1 unspecified atom stereocenters. The van der Waals surface area contributed by atoms with Crippen molar-refractivity contribution in [1.29, 1.82) is 0 Å². The Morgan fingerprint density at radius 1 is 1.79 bits per heavy atom. The van der Waals surface area contributed by atoms with Crippen LogP contribution in [0.2, 0.25) is 0 Å². The number of aliphatic hydroxyl groups excluding tert-OH is 1. The van der Waals surface area contributed by atoms with Crippen LogP contribution in [0.25, 0.3) is 0 Å². The summed E-state index contributed by atoms with van der Waals surface area (Å²) in [6.45, 7) is 0.691. The van der Waals surface area contributed by atoms with Crippen molar-refractivity contribution in [2.24, 2.45) is 5.73 Å². The lowest BCUT2D eigenvalue weighted by Crippen LogP contribution is -2.46. The third kappa shape index (κ3) is 2.25. The second kappa shape index (κ2) is 4.99. The van der Waals surface area contributed by atoms with Gasteiger partial charge in [-0.15, -0.1) is 12.3 Å². The van der Waals surface area contributed by atoms with E-state index in [0.29, 0.717) is 6.54 Å². The van der Waals surface area contributed by atoms with Gasteiger partial charge in [-0.25, -0.2) is 0 Å². The Labute approximate surface area is 84.1 Å². The molecule has 0 saturated carbocycles. The molecule has 1 aliphatic rings. The summed E-state index contributed by atoms with van der Waals surface area (Å²) >= 11 is 0. The summed E-state index contributed by atoms with van der Waals surface area (Å²) in [5.74, 6) is 2.23. The molecule has 1 fully saturated rings. The number of nitrogens with two attached hydrogens (primary N) is 1. The van der Waals surface area contributed by atoms with Crippen LogP contribution in [0.4, 0.5) is 0 Å². The van der Waals surface area contributed by atoms with Crippen molar-refractivity contribution in [3.05, 3.63) is 0 Å². The predicted octanol–water partition coefficient (Wildman–Crippen LogP) is -0.680. The first-order valence-corrected chi connectivity index (χ1v) is 4.81. The Kier molecular flexibility index (Phi) is 3.93. The van der Waals surface area contributed by atoms with Crippen LogP contribution in [-0.2, 0) is 4.79 Å². The molecule has 78 valence electrons. The van der Waals surface area contributed by atoms with Gasteiger partial charge in [-0.1, -0.05) is 0 Å². The molecule has 1 saturated heterocycles. The van der Waals surface area contributed by atoms with Gasteiger partial charge < -0.3 is 15.7 Å². The molecule has 0 aromatic carbocycles. The van der Waals surface area contributed by atoms with E-state index in [9.17, 15) is 4.79 Å². The highest BCUT2D eigenvalue weighted by Crippen LogP contribution is 2.17. The van der Waals surface area contributed by atoms with Crippen molar-refractivity contribution < 1.29 is 9.90 Å². The fourth-order valence-corrected chi connectivity index (χ4v) is 1.74. The fraction of sp³-hybridized carbons (Fsp3) is 0.700. The maximum absolute atomic E-state index is 11.7. The molecule has 0 bridgehead atoms.